The first kappa shape index (κ1) is 14.0. The highest BCUT2D eigenvalue weighted by Crippen LogP contribution is 2.21. The third kappa shape index (κ3) is 3.46. The molecule has 0 saturated carbocycles. The summed E-state index contributed by atoms with van der Waals surface area (Å²) < 4.78 is 36.3. The molecule has 0 radical (unpaired) electrons. The smallest absolute Gasteiger partial charge is 0.176 e. The highest BCUT2D eigenvalue weighted by molar-refractivity contribution is 5.22. The Hall–Kier alpha value is -1.04. The second-order valence-electron chi connectivity index (χ2n) is 3.55. The van der Waals surface area contributed by atoms with Crippen molar-refractivity contribution in [2.24, 2.45) is 0 Å². The van der Waals surface area contributed by atoms with Crippen molar-refractivity contribution in [3.8, 4) is 0 Å². The molecule has 5 heteroatoms. The van der Waals surface area contributed by atoms with Crippen molar-refractivity contribution in [3.05, 3.63) is 35.4 Å². The van der Waals surface area contributed by atoms with Crippen LogP contribution in [-0.2, 0) is 9.47 Å². The Morgan fingerprint density at radius 3 is 2.29 bits per heavy atom. The Labute approximate surface area is 99.7 Å². The number of ether oxygens (including phenoxy) is 2. The first-order valence-corrected chi connectivity index (χ1v) is 5.38. The number of nitrogens with one attached hydrogen (secondary N) is 1. The summed E-state index contributed by atoms with van der Waals surface area (Å²) in [4.78, 5) is 0. The van der Waals surface area contributed by atoms with Gasteiger partial charge in [0.05, 0.1) is 6.04 Å². The largest absolute Gasteiger partial charge is 0.354 e. The maximum absolute atomic E-state index is 13.2. The fourth-order valence-electron chi connectivity index (χ4n) is 1.67. The molecule has 0 fully saturated rings. The van der Waals surface area contributed by atoms with Gasteiger partial charge in [0.15, 0.2) is 17.9 Å². The minimum absolute atomic E-state index is 0.343. The molecule has 0 spiro atoms. The van der Waals surface area contributed by atoms with Gasteiger partial charge < -0.3 is 14.8 Å². The standard InChI is InChI=1S/C12H17F2NO2/c1-4-15-11(12(16-2)17-3)8-5-6-9(13)10(14)7-8/h5-7,11-12,15H,4H2,1-3H3. The molecular weight excluding hydrogens is 228 g/mol. The fraction of sp³-hybridized carbons (Fsp3) is 0.500. The molecular formula is C12H17F2NO2. The first-order valence-electron chi connectivity index (χ1n) is 5.38. The van der Waals surface area contributed by atoms with E-state index in [9.17, 15) is 8.78 Å². The van der Waals surface area contributed by atoms with Crippen LogP contribution < -0.4 is 5.32 Å². The average Bonchev–Trinajstić information content (AvgIpc) is 2.33. The van der Waals surface area contributed by atoms with Crippen LogP contribution in [0.1, 0.15) is 18.5 Å². The quantitative estimate of drug-likeness (QED) is 0.780. The zero-order valence-electron chi connectivity index (χ0n) is 10.2. The van der Waals surface area contributed by atoms with Crippen molar-refractivity contribution in [2.75, 3.05) is 20.8 Å². The minimum atomic E-state index is -0.878. The summed E-state index contributed by atoms with van der Waals surface area (Å²) in [6.45, 7) is 2.57. The average molecular weight is 245 g/mol. The summed E-state index contributed by atoms with van der Waals surface area (Å²) in [7, 11) is 3.00. The molecule has 0 aliphatic rings. The van der Waals surface area contributed by atoms with Crippen molar-refractivity contribution in [1.82, 2.24) is 5.32 Å². The van der Waals surface area contributed by atoms with Gasteiger partial charge in [0, 0.05) is 14.2 Å². The van der Waals surface area contributed by atoms with Crippen LogP contribution in [0.3, 0.4) is 0 Å². The van der Waals surface area contributed by atoms with Gasteiger partial charge >= 0.3 is 0 Å². The van der Waals surface area contributed by atoms with Gasteiger partial charge in [0.1, 0.15) is 0 Å². The Kier molecular flexibility index (Phi) is 5.47. The molecule has 1 aromatic carbocycles. The predicted molar refractivity (Wildman–Crippen MR) is 60.6 cm³/mol. The number of methoxy groups -OCH3 is 2. The van der Waals surface area contributed by atoms with Gasteiger partial charge in [-0.15, -0.1) is 0 Å². The first-order chi connectivity index (χ1) is 8.13. The van der Waals surface area contributed by atoms with Gasteiger partial charge in [-0.1, -0.05) is 13.0 Å². The maximum Gasteiger partial charge on any atom is 0.176 e. The summed E-state index contributed by atoms with van der Waals surface area (Å²) >= 11 is 0. The Morgan fingerprint density at radius 1 is 1.18 bits per heavy atom. The third-order valence-corrected chi connectivity index (χ3v) is 2.46. The molecule has 96 valence electrons. The van der Waals surface area contributed by atoms with E-state index in [0.717, 1.165) is 12.1 Å². The molecule has 1 aromatic rings. The fourth-order valence-corrected chi connectivity index (χ4v) is 1.67. The Balaban J connectivity index is 2.99. The molecule has 17 heavy (non-hydrogen) atoms. The van der Waals surface area contributed by atoms with E-state index in [1.165, 1.54) is 20.3 Å². The molecule has 1 unspecified atom stereocenters. The predicted octanol–water partition coefficient (Wildman–Crippen LogP) is 2.23. The molecule has 0 heterocycles. The van der Waals surface area contributed by atoms with E-state index in [4.69, 9.17) is 9.47 Å². The number of hydrogen-bond acceptors (Lipinski definition) is 3. The number of rotatable bonds is 6. The van der Waals surface area contributed by atoms with Crippen LogP contribution in [-0.4, -0.2) is 27.1 Å². The van der Waals surface area contributed by atoms with E-state index in [2.05, 4.69) is 5.32 Å². The molecule has 0 aliphatic heterocycles. The number of halogens is 2. The third-order valence-electron chi connectivity index (χ3n) is 2.46. The SMILES string of the molecule is CCNC(c1ccc(F)c(F)c1)C(OC)OC. The lowest BCUT2D eigenvalue weighted by atomic mass is 10.1. The van der Waals surface area contributed by atoms with Gasteiger partial charge in [-0.3, -0.25) is 0 Å². The molecule has 1 rings (SSSR count). The lowest BCUT2D eigenvalue weighted by Crippen LogP contribution is -2.34. The highest BCUT2D eigenvalue weighted by atomic mass is 19.2. The topological polar surface area (TPSA) is 30.5 Å². The Morgan fingerprint density at radius 2 is 1.82 bits per heavy atom. The number of benzene rings is 1. The summed E-state index contributed by atoms with van der Waals surface area (Å²) in [6.07, 6.45) is -0.556. The van der Waals surface area contributed by atoms with Crippen LogP contribution >= 0.6 is 0 Å². The summed E-state index contributed by atoms with van der Waals surface area (Å²) in [6, 6.07) is 3.41. The number of hydrogen-bond donors (Lipinski definition) is 1. The highest BCUT2D eigenvalue weighted by Gasteiger charge is 2.22. The lowest BCUT2D eigenvalue weighted by molar-refractivity contribution is -0.124. The van der Waals surface area contributed by atoms with Crippen LogP contribution in [0.25, 0.3) is 0 Å². The van der Waals surface area contributed by atoms with Crippen molar-refractivity contribution in [1.29, 1.82) is 0 Å². The van der Waals surface area contributed by atoms with Gasteiger partial charge in [0.2, 0.25) is 0 Å². The second kappa shape index (κ2) is 6.64. The second-order valence-corrected chi connectivity index (χ2v) is 3.55. The minimum Gasteiger partial charge on any atom is -0.354 e. The molecule has 0 aliphatic carbocycles. The van der Waals surface area contributed by atoms with Crippen LogP contribution in [0.5, 0.6) is 0 Å². The van der Waals surface area contributed by atoms with E-state index < -0.39 is 17.9 Å². The maximum atomic E-state index is 13.2. The van der Waals surface area contributed by atoms with Gasteiger partial charge in [-0.2, -0.15) is 0 Å². The summed E-state index contributed by atoms with van der Waals surface area (Å²) in [5.74, 6) is -1.74. The molecule has 0 amide bonds. The van der Waals surface area contributed by atoms with Gasteiger partial charge in [-0.05, 0) is 24.2 Å². The van der Waals surface area contributed by atoms with Crippen LogP contribution in [0.15, 0.2) is 18.2 Å². The van der Waals surface area contributed by atoms with Gasteiger partial charge in [0.25, 0.3) is 0 Å². The molecule has 0 saturated heterocycles. The molecule has 1 atom stereocenters. The van der Waals surface area contributed by atoms with Crippen molar-refractivity contribution < 1.29 is 18.3 Å². The van der Waals surface area contributed by atoms with Crippen LogP contribution in [0, 0.1) is 11.6 Å². The zero-order valence-corrected chi connectivity index (χ0v) is 10.2. The van der Waals surface area contributed by atoms with Crippen molar-refractivity contribution in [2.45, 2.75) is 19.3 Å². The monoisotopic (exact) mass is 245 g/mol. The van der Waals surface area contributed by atoms with Crippen LogP contribution in [0.4, 0.5) is 8.78 Å². The van der Waals surface area contributed by atoms with E-state index >= 15 is 0 Å². The van der Waals surface area contributed by atoms with Gasteiger partial charge in [-0.25, -0.2) is 8.78 Å². The molecule has 3 nitrogen and oxygen atoms in total. The Bertz CT molecular complexity index is 356. The van der Waals surface area contributed by atoms with E-state index in [1.54, 1.807) is 0 Å². The number of likely N-dealkylation sites (N-methyl/N-ethyl adjacent to an activating group) is 1. The van der Waals surface area contributed by atoms with Crippen molar-refractivity contribution >= 4 is 0 Å². The normalized spacial score (nSPS) is 13.1. The molecule has 0 aromatic heterocycles. The van der Waals surface area contributed by atoms with E-state index in [1.807, 2.05) is 6.92 Å². The van der Waals surface area contributed by atoms with E-state index in [0.29, 0.717) is 12.1 Å². The van der Waals surface area contributed by atoms with Crippen LogP contribution in [0.2, 0.25) is 0 Å². The van der Waals surface area contributed by atoms with E-state index in [-0.39, 0.29) is 6.04 Å². The molecule has 1 N–H and O–H groups in total. The lowest BCUT2D eigenvalue weighted by Gasteiger charge is -2.25. The molecule has 0 bridgehead atoms. The summed E-state index contributed by atoms with van der Waals surface area (Å²) in [5.41, 5.74) is 0.583. The zero-order chi connectivity index (χ0) is 12.8. The summed E-state index contributed by atoms with van der Waals surface area (Å²) in [5, 5.41) is 3.11. The van der Waals surface area contributed by atoms with Crippen molar-refractivity contribution in [3.63, 3.8) is 0 Å².